The molecule has 3 nitrogen and oxygen atoms in total. The van der Waals surface area contributed by atoms with Gasteiger partial charge in [0.15, 0.2) is 0 Å². The Morgan fingerprint density at radius 3 is 2.62 bits per heavy atom. The molecule has 0 radical (unpaired) electrons. The van der Waals surface area contributed by atoms with Crippen molar-refractivity contribution >= 4 is 17.3 Å². The van der Waals surface area contributed by atoms with Crippen molar-refractivity contribution in [3.8, 4) is 5.69 Å². The lowest BCUT2D eigenvalue weighted by atomic mass is 10.2. The smallest absolute Gasteiger partial charge is 0.141 e. The fourth-order valence-electron chi connectivity index (χ4n) is 2.01. The molecule has 0 amide bonds. The molecule has 2 aromatic carbocycles. The van der Waals surface area contributed by atoms with Gasteiger partial charge in [-0.3, -0.25) is 0 Å². The molecule has 3 aromatic rings. The molecule has 0 saturated heterocycles. The summed E-state index contributed by atoms with van der Waals surface area (Å²) in [5.74, 6) is -0.399. The van der Waals surface area contributed by atoms with E-state index in [1.807, 2.05) is 36.5 Å². The van der Waals surface area contributed by atoms with E-state index in [0.717, 1.165) is 16.9 Å². The van der Waals surface area contributed by atoms with E-state index in [1.54, 1.807) is 23.0 Å². The zero-order chi connectivity index (χ0) is 14.7. The summed E-state index contributed by atoms with van der Waals surface area (Å²) in [6, 6.07) is 14.5. The molecule has 0 atom stereocenters. The van der Waals surface area contributed by atoms with Crippen LogP contribution in [0, 0.1) is 5.82 Å². The topological polar surface area (TPSA) is 29.9 Å². The van der Waals surface area contributed by atoms with Gasteiger partial charge in [-0.1, -0.05) is 17.7 Å². The van der Waals surface area contributed by atoms with Gasteiger partial charge >= 0.3 is 0 Å². The number of rotatable bonds is 4. The number of aromatic nitrogens is 2. The maximum atomic E-state index is 13.1. The molecular formula is C16H13ClFN3. The fourth-order valence-corrected chi connectivity index (χ4v) is 2.21. The van der Waals surface area contributed by atoms with Crippen molar-refractivity contribution in [1.82, 2.24) is 9.78 Å². The summed E-state index contributed by atoms with van der Waals surface area (Å²) >= 11 is 5.76. The highest BCUT2D eigenvalue weighted by Gasteiger charge is 2.01. The Bertz CT molecular complexity index is 724. The van der Waals surface area contributed by atoms with Gasteiger partial charge in [-0.25, -0.2) is 9.07 Å². The van der Waals surface area contributed by atoms with Crippen molar-refractivity contribution in [2.24, 2.45) is 0 Å². The van der Waals surface area contributed by atoms with Crippen LogP contribution < -0.4 is 5.32 Å². The fraction of sp³-hybridized carbons (Fsp3) is 0.0625. The van der Waals surface area contributed by atoms with E-state index < -0.39 is 5.82 Å². The van der Waals surface area contributed by atoms with Crippen molar-refractivity contribution in [3.05, 3.63) is 77.3 Å². The monoisotopic (exact) mass is 301 g/mol. The number of benzene rings is 2. The number of hydrogen-bond donors (Lipinski definition) is 1. The van der Waals surface area contributed by atoms with Gasteiger partial charge in [0.1, 0.15) is 5.82 Å². The molecule has 1 N–H and O–H groups in total. The van der Waals surface area contributed by atoms with Crippen LogP contribution in [-0.4, -0.2) is 9.78 Å². The van der Waals surface area contributed by atoms with E-state index in [-0.39, 0.29) is 5.02 Å². The zero-order valence-electron chi connectivity index (χ0n) is 11.1. The average Bonchev–Trinajstić information content (AvgIpc) is 3.03. The Morgan fingerprint density at radius 1 is 1.14 bits per heavy atom. The Hall–Kier alpha value is -2.33. The van der Waals surface area contributed by atoms with Gasteiger partial charge in [0.05, 0.1) is 10.7 Å². The quantitative estimate of drug-likeness (QED) is 0.779. The van der Waals surface area contributed by atoms with E-state index in [1.165, 1.54) is 6.07 Å². The summed E-state index contributed by atoms with van der Waals surface area (Å²) < 4.78 is 14.9. The van der Waals surface area contributed by atoms with Crippen molar-refractivity contribution < 1.29 is 4.39 Å². The first-order valence-electron chi connectivity index (χ1n) is 6.50. The van der Waals surface area contributed by atoms with Crippen molar-refractivity contribution in [1.29, 1.82) is 0 Å². The van der Waals surface area contributed by atoms with Gasteiger partial charge in [-0.05, 0) is 48.0 Å². The predicted octanol–water partition coefficient (Wildman–Crippen LogP) is 4.28. The average molecular weight is 302 g/mol. The third-order valence-corrected chi connectivity index (χ3v) is 3.41. The highest BCUT2D eigenvalue weighted by Crippen LogP contribution is 2.18. The largest absolute Gasteiger partial charge is 0.381 e. The molecule has 106 valence electrons. The third kappa shape index (κ3) is 3.23. The summed E-state index contributed by atoms with van der Waals surface area (Å²) in [4.78, 5) is 0. The summed E-state index contributed by atoms with van der Waals surface area (Å²) in [5.41, 5.74) is 2.90. The Kier molecular flexibility index (Phi) is 3.88. The van der Waals surface area contributed by atoms with E-state index in [4.69, 9.17) is 11.6 Å². The highest BCUT2D eigenvalue weighted by molar-refractivity contribution is 6.30. The molecule has 3 rings (SSSR count). The van der Waals surface area contributed by atoms with Crippen molar-refractivity contribution in [2.75, 3.05) is 5.32 Å². The van der Waals surface area contributed by atoms with Crippen LogP contribution in [0.2, 0.25) is 5.02 Å². The first kappa shape index (κ1) is 13.6. The van der Waals surface area contributed by atoms with Gasteiger partial charge in [0.2, 0.25) is 0 Å². The Labute approximate surface area is 127 Å². The molecule has 0 spiro atoms. The Morgan fingerprint density at radius 2 is 1.95 bits per heavy atom. The number of halogens is 2. The maximum Gasteiger partial charge on any atom is 0.141 e. The van der Waals surface area contributed by atoms with E-state index in [2.05, 4.69) is 10.4 Å². The second-order valence-electron chi connectivity index (χ2n) is 4.60. The van der Waals surface area contributed by atoms with Gasteiger partial charge < -0.3 is 5.32 Å². The molecular weight excluding hydrogens is 289 g/mol. The molecule has 21 heavy (non-hydrogen) atoms. The molecule has 1 aromatic heterocycles. The first-order chi connectivity index (χ1) is 10.2. The number of hydrogen-bond acceptors (Lipinski definition) is 2. The predicted molar refractivity (Wildman–Crippen MR) is 82.3 cm³/mol. The summed E-state index contributed by atoms with van der Waals surface area (Å²) in [7, 11) is 0. The number of nitrogens with one attached hydrogen (secondary N) is 1. The van der Waals surface area contributed by atoms with E-state index in [0.29, 0.717) is 6.54 Å². The minimum atomic E-state index is -0.399. The first-order valence-corrected chi connectivity index (χ1v) is 6.88. The van der Waals surface area contributed by atoms with Crippen LogP contribution in [0.15, 0.2) is 60.9 Å². The summed E-state index contributed by atoms with van der Waals surface area (Å²) in [6.45, 7) is 0.584. The maximum absolute atomic E-state index is 13.1. The van der Waals surface area contributed by atoms with Crippen LogP contribution in [-0.2, 0) is 6.54 Å². The molecule has 0 bridgehead atoms. The molecule has 1 heterocycles. The molecule has 0 aliphatic carbocycles. The van der Waals surface area contributed by atoms with Crippen LogP contribution >= 0.6 is 11.6 Å². The minimum absolute atomic E-state index is 0.142. The van der Waals surface area contributed by atoms with Crippen LogP contribution in [0.4, 0.5) is 10.1 Å². The van der Waals surface area contributed by atoms with Crippen LogP contribution in [0.5, 0.6) is 0 Å². The van der Waals surface area contributed by atoms with Gasteiger partial charge in [-0.2, -0.15) is 5.10 Å². The van der Waals surface area contributed by atoms with Crippen LogP contribution in [0.1, 0.15) is 5.56 Å². The lowest BCUT2D eigenvalue weighted by molar-refractivity contribution is 0.627. The summed E-state index contributed by atoms with van der Waals surface area (Å²) in [6.07, 6.45) is 3.63. The molecule has 5 heteroatoms. The van der Waals surface area contributed by atoms with Gasteiger partial charge in [0, 0.05) is 24.6 Å². The minimum Gasteiger partial charge on any atom is -0.381 e. The molecule has 0 aliphatic rings. The van der Waals surface area contributed by atoms with Crippen LogP contribution in [0.25, 0.3) is 5.69 Å². The SMILES string of the molecule is Fc1ccc(CNc2ccc(-n3cccn3)cc2)cc1Cl. The van der Waals surface area contributed by atoms with Gasteiger partial charge in [0.25, 0.3) is 0 Å². The standard InChI is InChI=1S/C16H13ClFN3/c17-15-10-12(2-7-16(15)18)11-19-13-3-5-14(6-4-13)21-9-1-8-20-21/h1-10,19H,11H2. The number of anilines is 1. The molecule has 0 unspecified atom stereocenters. The second-order valence-corrected chi connectivity index (χ2v) is 5.01. The molecule has 0 saturated carbocycles. The van der Waals surface area contributed by atoms with Crippen LogP contribution in [0.3, 0.4) is 0 Å². The van der Waals surface area contributed by atoms with Crippen molar-refractivity contribution in [2.45, 2.75) is 6.54 Å². The molecule has 0 aliphatic heterocycles. The third-order valence-electron chi connectivity index (χ3n) is 3.12. The molecule has 0 fully saturated rings. The Balaban J connectivity index is 1.66. The second kappa shape index (κ2) is 5.97. The van der Waals surface area contributed by atoms with Crippen molar-refractivity contribution in [3.63, 3.8) is 0 Å². The van der Waals surface area contributed by atoms with E-state index >= 15 is 0 Å². The lowest BCUT2D eigenvalue weighted by Crippen LogP contribution is -2.00. The van der Waals surface area contributed by atoms with E-state index in [9.17, 15) is 4.39 Å². The number of nitrogens with zero attached hydrogens (tertiary/aromatic N) is 2. The normalized spacial score (nSPS) is 10.6. The summed E-state index contributed by atoms with van der Waals surface area (Å²) in [5, 5.41) is 7.59. The van der Waals surface area contributed by atoms with Gasteiger partial charge in [-0.15, -0.1) is 0 Å². The zero-order valence-corrected chi connectivity index (χ0v) is 11.9. The lowest BCUT2D eigenvalue weighted by Gasteiger charge is -2.08. The highest BCUT2D eigenvalue weighted by atomic mass is 35.5.